The average Bonchev–Trinajstić information content (AvgIpc) is 3.39. The van der Waals surface area contributed by atoms with E-state index in [0.29, 0.717) is 36.0 Å². The second-order valence-corrected chi connectivity index (χ2v) is 16.6. The molecule has 0 saturated heterocycles. The Labute approximate surface area is 328 Å². The number of nitrogens with one attached hydrogen (secondary N) is 4. The number of ether oxygens (including phenoxy) is 1. The molecule has 2 fully saturated rings. The predicted octanol–water partition coefficient (Wildman–Crippen LogP) is 1.75. The van der Waals surface area contributed by atoms with Crippen LogP contribution in [0.4, 0.5) is 0 Å². The number of benzene rings is 2. The standard InChI is InChI=1S/C42H59N5O9/c1-21(43)17-33(44-6)39(53)46-34(18-25-7-10-27(49)11-8-25)40(54)45-23(3)38(52)47-36(24(4)48)22(2)41(55)56-28-12-14-29-26(19-28)9-13-31-30(29)15-16-42(5)32(31)20-35(50)37(42)51/h7-8,10-12,14,19,21-23,30-37,44,49-51H,9,13,15-18,20,43H2,1-6H3,(H,45,54)(H,46,53)(H,47,52)/t21?,22?,23?,30-,31-,32+,33?,34?,35-,36?,37+,42+/m1/s1. The zero-order valence-corrected chi connectivity index (χ0v) is 33.2. The SMILES string of the molecule is CNC(CC(C)N)C(=O)NC(Cc1ccc(O)cc1)C(=O)NC(C)C(=O)NC(C(C)=O)C(C)C(=O)Oc1ccc2c(c1)CC[C@@H]1[C@@H]2CC[C@]2(C)[C@@H](O)[C@H](O)C[C@@H]12. The number of hydrogen-bond donors (Lipinski definition) is 8. The Hall–Kier alpha value is -4.37. The molecule has 2 aromatic carbocycles. The number of ketones is 1. The van der Waals surface area contributed by atoms with Gasteiger partial charge in [0.05, 0.1) is 24.2 Å². The Bertz CT molecular complexity index is 1770. The van der Waals surface area contributed by atoms with Gasteiger partial charge in [-0.05, 0) is 137 Å². The van der Waals surface area contributed by atoms with Crippen LogP contribution in [-0.2, 0) is 36.8 Å². The van der Waals surface area contributed by atoms with E-state index in [0.717, 1.165) is 31.2 Å². The minimum Gasteiger partial charge on any atom is -0.508 e. The molecular formula is C42H59N5O9. The molecule has 0 aromatic heterocycles. The van der Waals surface area contributed by atoms with Crippen molar-refractivity contribution >= 4 is 29.5 Å². The van der Waals surface area contributed by atoms with Gasteiger partial charge in [0.25, 0.3) is 0 Å². The fourth-order valence-electron chi connectivity index (χ4n) is 9.27. The number of nitrogens with two attached hydrogens (primary N) is 1. The van der Waals surface area contributed by atoms with Gasteiger partial charge in [-0.25, -0.2) is 0 Å². The van der Waals surface area contributed by atoms with Crippen LogP contribution >= 0.6 is 0 Å². The highest BCUT2D eigenvalue weighted by atomic mass is 16.5. The number of amides is 3. The summed E-state index contributed by atoms with van der Waals surface area (Å²) >= 11 is 0. The van der Waals surface area contributed by atoms with Gasteiger partial charge in [0.1, 0.15) is 29.6 Å². The van der Waals surface area contributed by atoms with E-state index < -0.39 is 71.8 Å². The summed E-state index contributed by atoms with van der Waals surface area (Å²) in [6.45, 7) is 8.05. The van der Waals surface area contributed by atoms with Crippen LogP contribution in [0.2, 0.25) is 0 Å². The van der Waals surface area contributed by atoms with Crippen molar-refractivity contribution in [2.75, 3.05) is 7.05 Å². The normalized spacial score (nSPS) is 27.1. The van der Waals surface area contributed by atoms with Crippen molar-refractivity contribution in [1.29, 1.82) is 0 Å². The van der Waals surface area contributed by atoms with Crippen molar-refractivity contribution in [3.8, 4) is 11.5 Å². The molecule has 2 aromatic rings. The van der Waals surface area contributed by atoms with Crippen molar-refractivity contribution in [3.63, 3.8) is 0 Å². The first kappa shape index (κ1) is 42.8. The number of rotatable bonds is 15. The Morgan fingerprint density at radius 2 is 1.61 bits per heavy atom. The topological polar surface area (TPSA) is 229 Å². The van der Waals surface area contributed by atoms with Gasteiger partial charge in [-0.2, -0.15) is 0 Å². The Balaban J connectivity index is 1.21. The molecule has 14 heteroatoms. The first-order valence-electron chi connectivity index (χ1n) is 19.8. The number of aryl methyl sites for hydroxylation is 1. The first-order chi connectivity index (χ1) is 26.4. The number of fused-ring (bicyclic) bond motifs is 5. The number of esters is 1. The largest absolute Gasteiger partial charge is 0.508 e. The van der Waals surface area contributed by atoms with Gasteiger partial charge >= 0.3 is 5.97 Å². The molecule has 0 aliphatic heterocycles. The van der Waals surface area contributed by atoms with Crippen LogP contribution in [-0.4, -0.2) is 94.3 Å². The number of phenolic OH excluding ortho intramolecular Hbond substituents is 1. The van der Waals surface area contributed by atoms with E-state index in [1.807, 2.05) is 12.1 Å². The number of aliphatic hydroxyl groups is 2. The van der Waals surface area contributed by atoms with E-state index in [4.69, 9.17) is 10.5 Å². The summed E-state index contributed by atoms with van der Waals surface area (Å²) in [4.78, 5) is 66.3. The number of Topliss-reactive ketones (excluding diaryl/α,β-unsaturated/α-hetero) is 1. The van der Waals surface area contributed by atoms with Crippen molar-refractivity contribution < 1.29 is 44.0 Å². The highest BCUT2D eigenvalue weighted by Gasteiger charge is 2.57. The number of aliphatic hydroxyl groups excluding tert-OH is 2. The van der Waals surface area contributed by atoms with Gasteiger partial charge in [0.2, 0.25) is 17.7 Å². The summed E-state index contributed by atoms with van der Waals surface area (Å²) in [6.07, 6.45) is 2.98. The highest BCUT2D eigenvalue weighted by molar-refractivity contribution is 5.96. The lowest BCUT2D eigenvalue weighted by Gasteiger charge is -2.49. The van der Waals surface area contributed by atoms with Crippen molar-refractivity contribution in [1.82, 2.24) is 21.3 Å². The minimum atomic E-state index is -1.25. The third kappa shape index (κ3) is 9.42. The lowest BCUT2D eigenvalue weighted by atomic mass is 9.55. The molecule has 3 aliphatic rings. The molecule has 3 aliphatic carbocycles. The zero-order chi connectivity index (χ0) is 41.1. The molecule has 14 nitrogen and oxygen atoms in total. The van der Waals surface area contributed by atoms with Crippen LogP contribution < -0.4 is 31.7 Å². The number of carbonyl (C=O) groups excluding carboxylic acids is 5. The third-order valence-corrected chi connectivity index (χ3v) is 12.5. The molecule has 5 rings (SSSR count). The van der Waals surface area contributed by atoms with E-state index in [1.54, 1.807) is 32.2 Å². The molecule has 6 unspecified atom stereocenters. The second-order valence-electron chi connectivity index (χ2n) is 16.6. The maximum Gasteiger partial charge on any atom is 0.316 e. The molecule has 0 bridgehead atoms. The van der Waals surface area contributed by atoms with Crippen LogP contribution in [0.3, 0.4) is 0 Å². The van der Waals surface area contributed by atoms with Crippen molar-refractivity contribution in [3.05, 3.63) is 59.2 Å². The number of likely N-dealkylation sites (N-methyl/N-ethyl adjacent to an activating group) is 1. The Morgan fingerprint density at radius 3 is 2.25 bits per heavy atom. The quantitative estimate of drug-likeness (QED) is 0.0960. The highest BCUT2D eigenvalue weighted by Crippen LogP contribution is 2.61. The lowest BCUT2D eigenvalue weighted by Crippen LogP contribution is -2.58. The second kappa shape index (κ2) is 17.8. The zero-order valence-electron chi connectivity index (χ0n) is 33.2. The minimum absolute atomic E-state index is 0.0382. The van der Waals surface area contributed by atoms with E-state index in [1.165, 1.54) is 38.5 Å². The van der Waals surface area contributed by atoms with Gasteiger partial charge < -0.3 is 47.1 Å². The lowest BCUT2D eigenvalue weighted by molar-refractivity contribution is -0.142. The summed E-state index contributed by atoms with van der Waals surface area (Å²) in [7, 11) is 1.61. The van der Waals surface area contributed by atoms with Crippen molar-refractivity contribution in [2.45, 2.75) is 128 Å². The molecule has 2 saturated carbocycles. The molecule has 0 radical (unpaired) electrons. The molecular weight excluding hydrogens is 718 g/mol. The number of phenols is 1. The molecule has 12 atom stereocenters. The summed E-state index contributed by atoms with van der Waals surface area (Å²) in [5.41, 5.74) is 8.56. The Kier molecular flexibility index (Phi) is 13.6. The maximum atomic E-state index is 13.6. The molecule has 3 amide bonds. The maximum absolute atomic E-state index is 13.6. The number of aromatic hydroxyl groups is 1. The van der Waals surface area contributed by atoms with E-state index in [-0.39, 0.29) is 29.5 Å². The van der Waals surface area contributed by atoms with E-state index >= 15 is 0 Å². The summed E-state index contributed by atoms with van der Waals surface area (Å²) in [6, 6.07) is 7.29. The number of hydrogen-bond acceptors (Lipinski definition) is 11. The summed E-state index contributed by atoms with van der Waals surface area (Å²) in [5, 5.41) is 41.8. The van der Waals surface area contributed by atoms with Gasteiger partial charge in [0.15, 0.2) is 5.78 Å². The fraction of sp³-hybridized carbons (Fsp3) is 0.595. The van der Waals surface area contributed by atoms with Crippen LogP contribution in [0.5, 0.6) is 11.5 Å². The molecule has 56 heavy (non-hydrogen) atoms. The van der Waals surface area contributed by atoms with Gasteiger partial charge in [-0.15, -0.1) is 0 Å². The molecule has 0 heterocycles. The Morgan fingerprint density at radius 1 is 0.929 bits per heavy atom. The molecule has 9 N–H and O–H groups in total. The average molecular weight is 778 g/mol. The van der Waals surface area contributed by atoms with Crippen LogP contribution in [0, 0.1) is 23.2 Å². The monoisotopic (exact) mass is 777 g/mol. The predicted molar refractivity (Wildman–Crippen MR) is 208 cm³/mol. The third-order valence-electron chi connectivity index (χ3n) is 12.5. The van der Waals surface area contributed by atoms with E-state index in [2.05, 4.69) is 28.2 Å². The van der Waals surface area contributed by atoms with Crippen molar-refractivity contribution in [2.24, 2.45) is 28.9 Å². The molecule has 0 spiro atoms. The van der Waals surface area contributed by atoms with Crippen LogP contribution in [0.15, 0.2) is 42.5 Å². The smallest absolute Gasteiger partial charge is 0.316 e. The fourth-order valence-corrected chi connectivity index (χ4v) is 9.27. The van der Waals surface area contributed by atoms with Crippen LogP contribution in [0.1, 0.15) is 89.3 Å². The summed E-state index contributed by atoms with van der Waals surface area (Å²) in [5.74, 6) is -2.82. The first-order valence-corrected chi connectivity index (χ1v) is 19.8. The molecule has 306 valence electrons. The van der Waals surface area contributed by atoms with Gasteiger partial charge in [-0.1, -0.05) is 25.1 Å². The van der Waals surface area contributed by atoms with Gasteiger partial charge in [0, 0.05) is 12.5 Å². The summed E-state index contributed by atoms with van der Waals surface area (Å²) < 4.78 is 5.77. The van der Waals surface area contributed by atoms with E-state index in [9.17, 15) is 39.3 Å². The number of carbonyl (C=O) groups is 5. The van der Waals surface area contributed by atoms with Crippen LogP contribution in [0.25, 0.3) is 0 Å². The van der Waals surface area contributed by atoms with Gasteiger partial charge in [-0.3, -0.25) is 24.0 Å².